The SMILES string of the molecule is CCNC(=NCC1(c2ccc(F)cc2)CCC1)NCCOC.I. The molecule has 2 rings (SSSR count). The molecule has 0 spiro atoms. The minimum Gasteiger partial charge on any atom is -0.383 e. The Morgan fingerprint density at radius 3 is 2.48 bits per heavy atom. The van der Waals surface area contributed by atoms with Crippen LogP contribution in [0.1, 0.15) is 31.7 Å². The van der Waals surface area contributed by atoms with Gasteiger partial charge in [-0.05, 0) is 37.5 Å². The molecule has 130 valence electrons. The molecule has 0 bridgehead atoms. The van der Waals surface area contributed by atoms with Crippen molar-refractivity contribution in [3.8, 4) is 0 Å². The molecule has 0 radical (unpaired) electrons. The van der Waals surface area contributed by atoms with Crippen LogP contribution in [0.15, 0.2) is 29.3 Å². The molecule has 1 aliphatic carbocycles. The van der Waals surface area contributed by atoms with E-state index in [4.69, 9.17) is 9.73 Å². The number of ether oxygens (including phenoxy) is 1. The lowest BCUT2D eigenvalue weighted by molar-refractivity contribution is 0.203. The lowest BCUT2D eigenvalue weighted by Crippen LogP contribution is -2.42. The molecule has 1 aromatic carbocycles. The molecule has 2 N–H and O–H groups in total. The fourth-order valence-corrected chi connectivity index (χ4v) is 2.79. The zero-order valence-corrected chi connectivity index (χ0v) is 16.2. The van der Waals surface area contributed by atoms with Crippen molar-refractivity contribution in [3.05, 3.63) is 35.6 Å². The molecule has 0 atom stereocenters. The summed E-state index contributed by atoms with van der Waals surface area (Å²) in [5.74, 6) is 0.629. The van der Waals surface area contributed by atoms with Gasteiger partial charge in [0.05, 0.1) is 13.2 Å². The number of halogens is 2. The zero-order chi connectivity index (χ0) is 15.8. The van der Waals surface area contributed by atoms with Gasteiger partial charge in [-0.2, -0.15) is 0 Å². The molecular formula is C17H27FIN3O. The first-order valence-electron chi connectivity index (χ1n) is 7.97. The average Bonchev–Trinajstić information content (AvgIpc) is 2.48. The van der Waals surface area contributed by atoms with Crippen LogP contribution in [0.25, 0.3) is 0 Å². The molecule has 0 aliphatic heterocycles. The number of hydrogen-bond acceptors (Lipinski definition) is 2. The minimum absolute atomic E-state index is 0. The van der Waals surface area contributed by atoms with E-state index in [9.17, 15) is 4.39 Å². The van der Waals surface area contributed by atoms with E-state index in [0.717, 1.165) is 38.4 Å². The van der Waals surface area contributed by atoms with Crippen LogP contribution in [0.5, 0.6) is 0 Å². The molecule has 4 nitrogen and oxygen atoms in total. The number of nitrogens with zero attached hydrogens (tertiary/aromatic N) is 1. The first-order valence-corrected chi connectivity index (χ1v) is 7.97. The molecule has 0 saturated heterocycles. The van der Waals surface area contributed by atoms with Crippen LogP contribution in [0.2, 0.25) is 0 Å². The maximum absolute atomic E-state index is 13.1. The number of methoxy groups -OCH3 is 1. The maximum Gasteiger partial charge on any atom is 0.191 e. The molecule has 1 fully saturated rings. The van der Waals surface area contributed by atoms with E-state index in [1.807, 2.05) is 19.1 Å². The fraction of sp³-hybridized carbons (Fsp3) is 0.588. The molecule has 1 saturated carbocycles. The third-order valence-electron chi connectivity index (χ3n) is 4.25. The maximum atomic E-state index is 13.1. The van der Waals surface area contributed by atoms with Crippen molar-refractivity contribution in [3.63, 3.8) is 0 Å². The quantitative estimate of drug-likeness (QED) is 0.300. The number of nitrogens with one attached hydrogen (secondary N) is 2. The summed E-state index contributed by atoms with van der Waals surface area (Å²) in [7, 11) is 1.68. The van der Waals surface area contributed by atoms with E-state index >= 15 is 0 Å². The summed E-state index contributed by atoms with van der Waals surface area (Å²) in [5, 5.41) is 6.50. The standard InChI is InChI=1S/C17H26FN3O.HI/c1-3-19-16(20-11-12-22-2)21-13-17(9-4-10-17)14-5-7-15(18)8-6-14;/h5-8H,3-4,9-13H2,1-2H3,(H2,19,20,21);1H. The highest BCUT2D eigenvalue weighted by molar-refractivity contribution is 14.0. The van der Waals surface area contributed by atoms with Crippen molar-refractivity contribution in [2.75, 3.05) is 33.4 Å². The summed E-state index contributed by atoms with van der Waals surface area (Å²) in [6.45, 7) is 4.97. The minimum atomic E-state index is -0.184. The van der Waals surface area contributed by atoms with Crippen LogP contribution in [0.4, 0.5) is 4.39 Å². The summed E-state index contributed by atoms with van der Waals surface area (Å²) < 4.78 is 18.2. The van der Waals surface area contributed by atoms with Crippen molar-refractivity contribution < 1.29 is 9.13 Å². The molecular weight excluding hydrogens is 408 g/mol. The van der Waals surface area contributed by atoms with E-state index in [2.05, 4.69) is 10.6 Å². The average molecular weight is 435 g/mol. The Kier molecular flexibility index (Phi) is 8.83. The number of rotatable bonds is 7. The van der Waals surface area contributed by atoms with Gasteiger partial charge in [-0.25, -0.2) is 4.39 Å². The summed E-state index contributed by atoms with van der Waals surface area (Å²) >= 11 is 0. The Balaban J connectivity index is 0.00000264. The van der Waals surface area contributed by atoms with Gasteiger partial charge in [0.15, 0.2) is 5.96 Å². The van der Waals surface area contributed by atoms with Crippen LogP contribution >= 0.6 is 24.0 Å². The number of benzene rings is 1. The Labute approximate surface area is 155 Å². The van der Waals surface area contributed by atoms with Gasteiger partial charge >= 0.3 is 0 Å². The van der Waals surface area contributed by atoms with Crippen LogP contribution in [0, 0.1) is 5.82 Å². The predicted octanol–water partition coefficient (Wildman–Crippen LogP) is 3.07. The second kappa shape index (κ2) is 10.1. The Morgan fingerprint density at radius 2 is 1.96 bits per heavy atom. The highest BCUT2D eigenvalue weighted by Crippen LogP contribution is 2.43. The second-order valence-corrected chi connectivity index (χ2v) is 5.76. The van der Waals surface area contributed by atoms with Gasteiger partial charge in [0, 0.05) is 25.6 Å². The summed E-state index contributed by atoms with van der Waals surface area (Å²) in [4.78, 5) is 4.72. The fourth-order valence-electron chi connectivity index (χ4n) is 2.79. The first-order chi connectivity index (χ1) is 10.7. The van der Waals surface area contributed by atoms with Crippen molar-refractivity contribution >= 4 is 29.9 Å². The monoisotopic (exact) mass is 435 g/mol. The first kappa shape index (κ1) is 20.2. The normalized spacial score (nSPS) is 16.2. The lowest BCUT2D eigenvalue weighted by atomic mass is 9.64. The molecule has 0 heterocycles. The molecule has 1 aromatic rings. The molecule has 0 aromatic heterocycles. The third-order valence-corrected chi connectivity index (χ3v) is 4.25. The van der Waals surface area contributed by atoms with Gasteiger partial charge in [0.25, 0.3) is 0 Å². The molecule has 0 amide bonds. The molecule has 6 heteroatoms. The van der Waals surface area contributed by atoms with Crippen molar-refractivity contribution in [1.82, 2.24) is 10.6 Å². The van der Waals surface area contributed by atoms with Crippen LogP contribution in [-0.2, 0) is 10.2 Å². The van der Waals surface area contributed by atoms with Crippen molar-refractivity contribution in [2.24, 2.45) is 4.99 Å². The second-order valence-electron chi connectivity index (χ2n) is 5.76. The molecule has 0 unspecified atom stereocenters. The smallest absolute Gasteiger partial charge is 0.191 e. The van der Waals surface area contributed by atoms with E-state index < -0.39 is 0 Å². The van der Waals surface area contributed by atoms with Crippen molar-refractivity contribution in [2.45, 2.75) is 31.6 Å². The molecule has 1 aliphatic rings. The largest absolute Gasteiger partial charge is 0.383 e. The number of aliphatic imine (C=N–C) groups is 1. The van der Waals surface area contributed by atoms with Crippen LogP contribution < -0.4 is 10.6 Å². The Hall–Kier alpha value is -0.890. The van der Waals surface area contributed by atoms with Gasteiger partial charge in [-0.15, -0.1) is 24.0 Å². The zero-order valence-electron chi connectivity index (χ0n) is 13.9. The topological polar surface area (TPSA) is 45.7 Å². The number of guanidine groups is 1. The number of hydrogen-bond donors (Lipinski definition) is 2. The highest BCUT2D eigenvalue weighted by Gasteiger charge is 2.38. The highest BCUT2D eigenvalue weighted by atomic mass is 127. The van der Waals surface area contributed by atoms with Gasteiger partial charge in [0.1, 0.15) is 5.82 Å². The van der Waals surface area contributed by atoms with Gasteiger partial charge in [-0.1, -0.05) is 18.6 Å². The lowest BCUT2D eigenvalue weighted by Gasteiger charge is -2.41. The van der Waals surface area contributed by atoms with E-state index in [0.29, 0.717) is 6.61 Å². The van der Waals surface area contributed by atoms with Crippen molar-refractivity contribution in [1.29, 1.82) is 0 Å². The van der Waals surface area contributed by atoms with Gasteiger partial charge in [0.2, 0.25) is 0 Å². The predicted molar refractivity (Wildman–Crippen MR) is 103 cm³/mol. The van der Waals surface area contributed by atoms with Crippen LogP contribution in [-0.4, -0.2) is 39.3 Å². The summed E-state index contributed by atoms with van der Waals surface area (Å²) in [6, 6.07) is 6.88. The van der Waals surface area contributed by atoms with E-state index in [1.165, 1.54) is 12.0 Å². The Morgan fingerprint density at radius 1 is 1.26 bits per heavy atom. The van der Waals surface area contributed by atoms with Gasteiger partial charge < -0.3 is 15.4 Å². The van der Waals surface area contributed by atoms with E-state index in [-0.39, 0.29) is 35.2 Å². The summed E-state index contributed by atoms with van der Waals surface area (Å²) in [5.41, 5.74) is 1.26. The Bertz CT molecular complexity index is 489. The van der Waals surface area contributed by atoms with Crippen LogP contribution in [0.3, 0.4) is 0 Å². The molecule has 23 heavy (non-hydrogen) atoms. The third kappa shape index (κ3) is 5.60. The summed E-state index contributed by atoms with van der Waals surface area (Å²) in [6.07, 6.45) is 3.43. The van der Waals surface area contributed by atoms with Gasteiger partial charge in [-0.3, -0.25) is 4.99 Å². The van der Waals surface area contributed by atoms with E-state index in [1.54, 1.807) is 19.2 Å².